The van der Waals surface area contributed by atoms with Gasteiger partial charge in [-0.15, -0.1) is 0 Å². The lowest BCUT2D eigenvalue weighted by atomic mass is 9.90. The van der Waals surface area contributed by atoms with E-state index >= 15 is 0 Å². The molecule has 1 aromatic rings. The van der Waals surface area contributed by atoms with Crippen LogP contribution in [0.25, 0.3) is 0 Å². The average molecular weight is 207 g/mol. The standard InChI is InChI=1S/C12H17NO2/c1-12(2)8-10(13-14-3)9-6-4-5-7-11(9)15-12/h4-7,10,13H,8H2,1-3H3. The summed E-state index contributed by atoms with van der Waals surface area (Å²) >= 11 is 0. The Morgan fingerprint density at radius 1 is 1.40 bits per heavy atom. The molecule has 0 fully saturated rings. The van der Waals surface area contributed by atoms with Crippen molar-refractivity contribution in [2.75, 3.05) is 7.11 Å². The Labute approximate surface area is 90.3 Å². The number of ether oxygens (including phenoxy) is 1. The number of para-hydroxylation sites is 1. The molecule has 1 heterocycles. The predicted molar refractivity (Wildman–Crippen MR) is 58.7 cm³/mol. The van der Waals surface area contributed by atoms with E-state index in [1.807, 2.05) is 18.2 Å². The van der Waals surface area contributed by atoms with Gasteiger partial charge in [-0.05, 0) is 19.9 Å². The van der Waals surface area contributed by atoms with Gasteiger partial charge in [0.15, 0.2) is 0 Å². The van der Waals surface area contributed by atoms with E-state index in [9.17, 15) is 0 Å². The van der Waals surface area contributed by atoms with Crippen molar-refractivity contribution < 1.29 is 9.57 Å². The molecular formula is C12H17NO2. The molecule has 0 radical (unpaired) electrons. The topological polar surface area (TPSA) is 30.5 Å². The van der Waals surface area contributed by atoms with Crippen LogP contribution in [-0.2, 0) is 4.84 Å². The van der Waals surface area contributed by atoms with Crippen LogP contribution in [0.15, 0.2) is 24.3 Å². The van der Waals surface area contributed by atoms with Crippen molar-refractivity contribution in [2.45, 2.75) is 31.9 Å². The SMILES string of the molecule is CONC1CC(C)(C)Oc2ccccc21. The summed E-state index contributed by atoms with van der Waals surface area (Å²) in [5.74, 6) is 0.948. The van der Waals surface area contributed by atoms with E-state index in [0.29, 0.717) is 0 Å². The molecule has 2 rings (SSSR count). The number of nitrogens with one attached hydrogen (secondary N) is 1. The Bertz CT molecular complexity index is 349. The van der Waals surface area contributed by atoms with Crippen LogP contribution in [0.4, 0.5) is 0 Å². The highest BCUT2D eigenvalue weighted by atomic mass is 16.6. The molecule has 1 N–H and O–H groups in total. The second kappa shape index (κ2) is 3.83. The Morgan fingerprint density at radius 2 is 2.13 bits per heavy atom. The molecule has 1 atom stereocenters. The smallest absolute Gasteiger partial charge is 0.124 e. The minimum atomic E-state index is -0.148. The highest BCUT2D eigenvalue weighted by molar-refractivity contribution is 5.38. The minimum Gasteiger partial charge on any atom is -0.487 e. The van der Waals surface area contributed by atoms with E-state index in [-0.39, 0.29) is 11.6 Å². The highest BCUT2D eigenvalue weighted by Gasteiger charge is 2.33. The fraction of sp³-hybridized carbons (Fsp3) is 0.500. The Morgan fingerprint density at radius 3 is 2.87 bits per heavy atom. The van der Waals surface area contributed by atoms with Gasteiger partial charge in [-0.1, -0.05) is 18.2 Å². The third-order valence-corrected chi connectivity index (χ3v) is 2.64. The number of hydroxylamine groups is 1. The van der Waals surface area contributed by atoms with Crippen LogP contribution in [0.5, 0.6) is 5.75 Å². The fourth-order valence-corrected chi connectivity index (χ4v) is 2.05. The van der Waals surface area contributed by atoms with Gasteiger partial charge in [0.2, 0.25) is 0 Å². The van der Waals surface area contributed by atoms with E-state index in [2.05, 4.69) is 25.4 Å². The highest BCUT2D eigenvalue weighted by Crippen LogP contribution is 2.38. The summed E-state index contributed by atoms with van der Waals surface area (Å²) in [6.07, 6.45) is 0.901. The Kier molecular flexibility index (Phi) is 2.67. The minimum absolute atomic E-state index is 0.148. The monoisotopic (exact) mass is 207 g/mol. The molecule has 0 aromatic heterocycles. The molecule has 0 spiro atoms. The maximum absolute atomic E-state index is 5.90. The average Bonchev–Trinajstić information content (AvgIpc) is 2.16. The summed E-state index contributed by atoms with van der Waals surface area (Å²) in [5, 5.41) is 0. The van der Waals surface area contributed by atoms with Crippen LogP contribution in [0.1, 0.15) is 31.9 Å². The van der Waals surface area contributed by atoms with Gasteiger partial charge in [0.05, 0.1) is 13.2 Å². The summed E-state index contributed by atoms with van der Waals surface area (Å²) in [4.78, 5) is 5.03. The molecule has 15 heavy (non-hydrogen) atoms. The predicted octanol–water partition coefficient (Wildman–Crippen LogP) is 2.44. The van der Waals surface area contributed by atoms with Gasteiger partial charge in [-0.25, -0.2) is 0 Å². The van der Waals surface area contributed by atoms with E-state index < -0.39 is 0 Å². The summed E-state index contributed by atoms with van der Waals surface area (Å²) in [5.41, 5.74) is 4.03. The summed E-state index contributed by atoms with van der Waals surface area (Å²) in [6.45, 7) is 4.18. The van der Waals surface area contributed by atoms with Gasteiger partial charge in [0.25, 0.3) is 0 Å². The Balaban J connectivity index is 2.34. The van der Waals surface area contributed by atoms with Gasteiger partial charge in [-0.2, -0.15) is 5.48 Å². The van der Waals surface area contributed by atoms with Crippen LogP contribution in [-0.4, -0.2) is 12.7 Å². The van der Waals surface area contributed by atoms with Crippen molar-refractivity contribution >= 4 is 0 Å². The molecule has 1 aliphatic rings. The molecule has 0 saturated carbocycles. The second-order valence-electron chi connectivity index (χ2n) is 4.48. The molecule has 0 aliphatic carbocycles. The summed E-state index contributed by atoms with van der Waals surface area (Å²) in [6, 6.07) is 8.28. The van der Waals surface area contributed by atoms with Crippen LogP contribution in [0.2, 0.25) is 0 Å². The molecule has 3 heteroatoms. The van der Waals surface area contributed by atoms with Gasteiger partial charge in [0, 0.05) is 12.0 Å². The molecule has 1 aromatic carbocycles. The summed E-state index contributed by atoms with van der Waals surface area (Å²) in [7, 11) is 1.64. The molecule has 1 unspecified atom stereocenters. The zero-order chi connectivity index (χ0) is 10.9. The van der Waals surface area contributed by atoms with Crippen LogP contribution >= 0.6 is 0 Å². The number of benzene rings is 1. The molecule has 1 aliphatic heterocycles. The van der Waals surface area contributed by atoms with Crippen molar-refractivity contribution in [2.24, 2.45) is 0 Å². The second-order valence-corrected chi connectivity index (χ2v) is 4.48. The third kappa shape index (κ3) is 2.13. The van der Waals surface area contributed by atoms with Crippen molar-refractivity contribution in [3.63, 3.8) is 0 Å². The van der Waals surface area contributed by atoms with Gasteiger partial charge in [-0.3, -0.25) is 0 Å². The third-order valence-electron chi connectivity index (χ3n) is 2.64. The van der Waals surface area contributed by atoms with Crippen LogP contribution in [0.3, 0.4) is 0 Å². The molecular weight excluding hydrogens is 190 g/mol. The number of hydrogen-bond donors (Lipinski definition) is 1. The van der Waals surface area contributed by atoms with Crippen molar-refractivity contribution in [3.8, 4) is 5.75 Å². The Hall–Kier alpha value is -1.06. The molecule has 0 amide bonds. The molecule has 82 valence electrons. The first-order chi connectivity index (χ1) is 7.12. The van der Waals surface area contributed by atoms with Crippen molar-refractivity contribution in [1.29, 1.82) is 0 Å². The van der Waals surface area contributed by atoms with Gasteiger partial charge < -0.3 is 9.57 Å². The first kappa shape index (κ1) is 10.5. The largest absolute Gasteiger partial charge is 0.487 e. The maximum Gasteiger partial charge on any atom is 0.124 e. The molecule has 0 saturated heterocycles. The zero-order valence-corrected chi connectivity index (χ0v) is 9.41. The maximum atomic E-state index is 5.90. The van der Waals surface area contributed by atoms with E-state index in [1.54, 1.807) is 7.11 Å². The summed E-state index contributed by atoms with van der Waals surface area (Å²) < 4.78 is 5.90. The lowest BCUT2D eigenvalue weighted by Gasteiger charge is -2.37. The lowest BCUT2D eigenvalue weighted by Crippen LogP contribution is -2.39. The number of hydrogen-bond acceptors (Lipinski definition) is 3. The normalized spacial score (nSPS) is 23.0. The zero-order valence-electron chi connectivity index (χ0n) is 9.41. The van der Waals surface area contributed by atoms with Crippen molar-refractivity contribution in [3.05, 3.63) is 29.8 Å². The van der Waals surface area contributed by atoms with E-state index in [4.69, 9.17) is 9.57 Å². The molecule has 3 nitrogen and oxygen atoms in total. The molecule has 0 bridgehead atoms. The van der Waals surface area contributed by atoms with E-state index in [0.717, 1.165) is 12.2 Å². The van der Waals surface area contributed by atoms with E-state index in [1.165, 1.54) is 5.56 Å². The lowest BCUT2D eigenvalue weighted by molar-refractivity contribution is 0.00299. The fourth-order valence-electron chi connectivity index (χ4n) is 2.05. The quantitative estimate of drug-likeness (QED) is 0.755. The van der Waals surface area contributed by atoms with Gasteiger partial charge >= 0.3 is 0 Å². The number of fused-ring (bicyclic) bond motifs is 1. The van der Waals surface area contributed by atoms with Crippen LogP contribution in [0, 0.1) is 0 Å². The number of rotatable bonds is 2. The van der Waals surface area contributed by atoms with Crippen LogP contribution < -0.4 is 10.2 Å². The first-order valence-electron chi connectivity index (χ1n) is 5.19. The van der Waals surface area contributed by atoms with Crippen molar-refractivity contribution in [1.82, 2.24) is 5.48 Å². The first-order valence-corrected chi connectivity index (χ1v) is 5.19. The van der Waals surface area contributed by atoms with Gasteiger partial charge in [0.1, 0.15) is 11.4 Å².